The lowest BCUT2D eigenvalue weighted by Crippen LogP contribution is -2.02. The van der Waals surface area contributed by atoms with E-state index in [0.29, 0.717) is 0 Å². The van der Waals surface area contributed by atoms with Gasteiger partial charge in [-0.15, -0.1) is 0 Å². The van der Waals surface area contributed by atoms with E-state index in [2.05, 4.69) is 101 Å². The molecule has 2 nitrogen and oxygen atoms in total. The molecule has 0 aliphatic carbocycles. The molecule has 0 saturated carbocycles. The number of benzene rings is 4. The van der Waals surface area contributed by atoms with Crippen LogP contribution in [0.5, 0.6) is 5.75 Å². The Bertz CT molecular complexity index is 1130. The molecule has 31 heavy (non-hydrogen) atoms. The standard InChI is InChI=1S/C28H23BrO2/c29-25-15-11-23(12-16-25)27(21-7-3-1-4-8-21)28(22-9-5-2-6-10-22)24-13-17-26(18-14-24)31-20-19-30/h1-18,30H,19-20H2. The van der Waals surface area contributed by atoms with Gasteiger partial charge in [-0.3, -0.25) is 0 Å². The highest BCUT2D eigenvalue weighted by Crippen LogP contribution is 2.37. The summed E-state index contributed by atoms with van der Waals surface area (Å²) in [6.45, 7) is 0.285. The molecule has 0 atom stereocenters. The first-order valence-corrected chi connectivity index (χ1v) is 11.0. The van der Waals surface area contributed by atoms with Crippen molar-refractivity contribution in [3.63, 3.8) is 0 Å². The SMILES string of the molecule is OCCOc1ccc(C(=C(c2ccccc2)c2ccc(Br)cc2)c2ccccc2)cc1. The number of aliphatic hydroxyl groups is 1. The Morgan fingerprint density at radius 2 is 1.00 bits per heavy atom. The average Bonchev–Trinajstić information content (AvgIpc) is 2.83. The van der Waals surface area contributed by atoms with E-state index in [0.717, 1.165) is 38.0 Å². The molecule has 4 aromatic rings. The molecule has 0 fully saturated rings. The Morgan fingerprint density at radius 1 is 0.581 bits per heavy atom. The molecular weight excluding hydrogens is 448 g/mol. The molecule has 0 unspecified atom stereocenters. The van der Waals surface area contributed by atoms with E-state index in [1.54, 1.807) is 0 Å². The van der Waals surface area contributed by atoms with Crippen molar-refractivity contribution in [1.29, 1.82) is 0 Å². The number of halogens is 1. The summed E-state index contributed by atoms with van der Waals surface area (Å²) in [6, 6.07) is 37.5. The maximum absolute atomic E-state index is 9.03. The highest BCUT2D eigenvalue weighted by molar-refractivity contribution is 9.10. The van der Waals surface area contributed by atoms with Crippen LogP contribution in [-0.2, 0) is 0 Å². The zero-order valence-corrected chi connectivity index (χ0v) is 18.6. The fraction of sp³-hybridized carbons (Fsp3) is 0.0714. The molecule has 0 aliphatic rings. The van der Waals surface area contributed by atoms with Gasteiger partial charge in [-0.2, -0.15) is 0 Å². The first-order valence-electron chi connectivity index (χ1n) is 10.2. The predicted octanol–water partition coefficient (Wildman–Crippen LogP) is 6.83. The smallest absolute Gasteiger partial charge is 0.119 e. The van der Waals surface area contributed by atoms with Gasteiger partial charge in [0, 0.05) is 4.47 Å². The Balaban J connectivity index is 1.96. The molecule has 0 aliphatic heterocycles. The van der Waals surface area contributed by atoms with E-state index in [1.165, 1.54) is 5.57 Å². The van der Waals surface area contributed by atoms with E-state index in [4.69, 9.17) is 9.84 Å². The van der Waals surface area contributed by atoms with Crippen LogP contribution in [0, 0.1) is 0 Å². The van der Waals surface area contributed by atoms with Crippen LogP contribution in [0.3, 0.4) is 0 Å². The lowest BCUT2D eigenvalue weighted by molar-refractivity contribution is 0.201. The van der Waals surface area contributed by atoms with Crippen molar-refractivity contribution in [3.8, 4) is 5.75 Å². The lowest BCUT2D eigenvalue weighted by Gasteiger charge is -2.18. The summed E-state index contributed by atoms with van der Waals surface area (Å²) < 4.78 is 6.62. The summed E-state index contributed by atoms with van der Waals surface area (Å²) >= 11 is 3.56. The third kappa shape index (κ3) is 5.13. The molecule has 0 aromatic heterocycles. The van der Waals surface area contributed by atoms with Gasteiger partial charge in [0.2, 0.25) is 0 Å². The Labute approximate surface area is 191 Å². The van der Waals surface area contributed by atoms with Gasteiger partial charge >= 0.3 is 0 Å². The largest absolute Gasteiger partial charge is 0.491 e. The molecule has 4 rings (SSSR count). The molecule has 3 heteroatoms. The summed E-state index contributed by atoms with van der Waals surface area (Å²) in [6.07, 6.45) is 0. The summed E-state index contributed by atoms with van der Waals surface area (Å²) in [4.78, 5) is 0. The van der Waals surface area contributed by atoms with Crippen molar-refractivity contribution in [3.05, 3.63) is 136 Å². The van der Waals surface area contributed by atoms with E-state index >= 15 is 0 Å². The normalized spacial score (nSPS) is 11.7. The summed E-state index contributed by atoms with van der Waals surface area (Å²) in [7, 11) is 0. The van der Waals surface area contributed by atoms with Crippen molar-refractivity contribution in [2.24, 2.45) is 0 Å². The molecule has 0 radical (unpaired) electrons. The minimum Gasteiger partial charge on any atom is -0.491 e. The van der Waals surface area contributed by atoms with Gasteiger partial charge in [0.05, 0.1) is 6.61 Å². The van der Waals surface area contributed by atoms with Crippen LogP contribution < -0.4 is 4.74 Å². The third-order valence-electron chi connectivity index (χ3n) is 5.01. The quantitative estimate of drug-likeness (QED) is 0.300. The Morgan fingerprint density at radius 3 is 1.45 bits per heavy atom. The molecule has 0 spiro atoms. The molecule has 0 amide bonds. The van der Waals surface area contributed by atoms with Gasteiger partial charge in [-0.1, -0.05) is 101 Å². The number of rotatable bonds is 7. The number of aliphatic hydroxyl groups excluding tert-OH is 1. The first-order chi connectivity index (χ1) is 15.3. The van der Waals surface area contributed by atoms with Crippen LogP contribution in [0.15, 0.2) is 114 Å². The van der Waals surface area contributed by atoms with Gasteiger partial charge in [0.25, 0.3) is 0 Å². The monoisotopic (exact) mass is 470 g/mol. The van der Waals surface area contributed by atoms with Crippen LogP contribution in [-0.4, -0.2) is 18.3 Å². The van der Waals surface area contributed by atoms with Crippen LogP contribution in [0.25, 0.3) is 11.1 Å². The van der Waals surface area contributed by atoms with Crippen molar-refractivity contribution in [2.75, 3.05) is 13.2 Å². The fourth-order valence-electron chi connectivity index (χ4n) is 3.62. The fourth-order valence-corrected chi connectivity index (χ4v) is 3.88. The first kappa shape index (κ1) is 21.1. The summed E-state index contributed by atoms with van der Waals surface area (Å²) in [5.74, 6) is 0.745. The second kappa shape index (κ2) is 10.3. The zero-order chi connectivity index (χ0) is 21.5. The summed E-state index contributed by atoms with van der Waals surface area (Å²) in [5, 5.41) is 9.03. The maximum Gasteiger partial charge on any atom is 0.119 e. The molecule has 0 bridgehead atoms. The maximum atomic E-state index is 9.03. The van der Waals surface area contributed by atoms with Crippen LogP contribution in [0.4, 0.5) is 0 Å². The van der Waals surface area contributed by atoms with Gasteiger partial charge in [-0.25, -0.2) is 0 Å². The highest BCUT2D eigenvalue weighted by atomic mass is 79.9. The molecular formula is C28H23BrO2. The van der Waals surface area contributed by atoms with Crippen molar-refractivity contribution in [1.82, 2.24) is 0 Å². The van der Waals surface area contributed by atoms with Crippen molar-refractivity contribution < 1.29 is 9.84 Å². The number of ether oxygens (including phenoxy) is 1. The minimum absolute atomic E-state index is 0.00135. The van der Waals surface area contributed by atoms with E-state index in [1.807, 2.05) is 24.3 Å². The molecule has 0 heterocycles. The molecule has 0 saturated heterocycles. The Kier molecular flexibility index (Phi) is 6.98. The third-order valence-corrected chi connectivity index (χ3v) is 5.54. The van der Waals surface area contributed by atoms with E-state index in [-0.39, 0.29) is 13.2 Å². The molecule has 4 aromatic carbocycles. The minimum atomic E-state index is -0.00135. The van der Waals surface area contributed by atoms with Crippen LogP contribution >= 0.6 is 15.9 Å². The number of hydrogen-bond acceptors (Lipinski definition) is 2. The highest BCUT2D eigenvalue weighted by Gasteiger charge is 2.16. The molecule has 1 N–H and O–H groups in total. The molecule has 154 valence electrons. The van der Waals surface area contributed by atoms with Crippen molar-refractivity contribution in [2.45, 2.75) is 0 Å². The van der Waals surface area contributed by atoms with Crippen molar-refractivity contribution >= 4 is 27.1 Å². The van der Waals surface area contributed by atoms with Crippen LogP contribution in [0.2, 0.25) is 0 Å². The zero-order valence-electron chi connectivity index (χ0n) is 17.0. The predicted molar refractivity (Wildman–Crippen MR) is 131 cm³/mol. The average molecular weight is 471 g/mol. The van der Waals surface area contributed by atoms with E-state index < -0.39 is 0 Å². The second-order valence-corrected chi connectivity index (χ2v) is 8.00. The van der Waals surface area contributed by atoms with Crippen LogP contribution in [0.1, 0.15) is 22.3 Å². The Hall–Kier alpha value is -3.14. The topological polar surface area (TPSA) is 29.5 Å². The second-order valence-electron chi connectivity index (χ2n) is 7.09. The van der Waals surface area contributed by atoms with Gasteiger partial charge in [0.1, 0.15) is 12.4 Å². The summed E-state index contributed by atoms with van der Waals surface area (Å²) in [5.41, 5.74) is 6.88. The lowest BCUT2D eigenvalue weighted by atomic mass is 9.86. The van der Waals surface area contributed by atoms with Gasteiger partial charge < -0.3 is 9.84 Å². The van der Waals surface area contributed by atoms with E-state index in [9.17, 15) is 0 Å². The van der Waals surface area contributed by atoms with Gasteiger partial charge in [-0.05, 0) is 57.7 Å². The number of hydrogen-bond donors (Lipinski definition) is 1. The van der Waals surface area contributed by atoms with Gasteiger partial charge in [0.15, 0.2) is 0 Å².